The standard InChI is InChI=1S/C9H14O3/c1-2-4-9(6-12-7-9)5-3-8(10)11/h3,5H,2,4,6-7H2,1H3,(H,10,11)/b5-3+. The third kappa shape index (κ3) is 2.08. The fourth-order valence-electron chi connectivity index (χ4n) is 1.43. The zero-order valence-corrected chi connectivity index (χ0v) is 7.25. The molecule has 1 aliphatic rings. The van der Waals surface area contributed by atoms with Gasteiger partial charge in [0, 0.05) is 11.5 Å². The van der Waals surface area contributed by atoms with Crippen molar-refractivity contribution in [3.8, 4) is 0 Å². The van der Waals surface area contributed by atoms with Crippen LogP contribution in [0.25, 0.3) is 0 Å². The Bertz CT molecular complexity index is 192. The summed E-state index contributed by atoms with van der Waals surface area (Å²) in [5.74, 6) is -0.877. The second-order valence-corrected chi connectivity index (χ2v) is 3.28. The van der Waals surface area contributed by atoms with Crippen LogP contribution in [0.1, 0.15) is 19.8 Å². The van der Waals surface area contributed by atoms with E-state index < -0.39 is 5.97 Å². The highest BCUT2D eigenvalue weighted by atomic mass is 16.5. The van der Waals surface area contributed by atoms with E-state index in [2.05, 4.69) is 6.92 Å². The van der Waals surface area contributed by atoms with Crippen LogP contribution in [0.3, 0.4) is 0 Å². The lowest BCUT2D eigenvalue weighted by molar-refractivity contribution is -0.131. The molecule has 0 aromatic rings. The first-order chi connectivity index (χ1) is 5.68. The van der Waals surface area contributed by atoms with Gasteiger partial charge in [-0.25, -0.2) is 4.79 Å². The normalized spacial score (nSPS) is 20.8. The molecule has 0 aromatic carbocycles. The average molecular weight is 170 g/mol. The minimum Gasteiger partial charge on any atom is -0.478 e. The summed E-state index contributed by atoms with van der Waals surface area (Å²) in [5, 5.41) is 8.44. The van der Waals surface area contributed by atoms with Crippen LogP contribution in [0.15, 0.2) is 12.2 Å². The van der Waals surface area contributed by atoms with Gasteiger partial charge in [0.05, 0.1) is 13.2 Å². The largest absolute Gasteiger partial charge is 0.478 e. The van der Waals surface area contributed by atoms with E-state index in [1.54, 1.807) is 6.08 Å². The van der Waals surface area contributed by atoms with Crippen molar-refractivity contribution in [2.75, 3.05) is 13.2 Å². The lowest BCUT2D eigenvalue weighted by Gasteiger charge is -2.38. The predicted molar refractivity (Wildman–Crippen MR) is 44.9 cm³/mol. The Kier molecular flexibility index (Phi) is 2.87. The lowest BCUT2D eigenvalue weighted by Crippen LogP contribution is -2.40. The van der Waals surface area contributed by atoms with Crippen molar-refractivity contribution in [1.82, 2.24) is 0 Å². The van der Waals surface area contributed by atoms with E-state index >= 15 is 0 Å². The van der Waals surface area contributed by atoms with Crippen LogP contribution in [0, 0.1) is 5.41 Å². The third-order valence-corrected chi connectivity index (χ3v) is 2.11. The van der Waals surface area contributed by atoms with Crippen LogP contribution in [-0.2, 0) is 9.53 Å². The summed E-state index contributed by atoms with van der Waals surface area (Å²) in [6.45, 7) is 3.43. The van der Waals surface area contributed by atoms with Crippen molar-refractivity contribution < 1.29 is 14.6 Å². The van der Waals surface area contributed by atoms with Gasteiger partial charge < -0.3 is 9.84 Å². The zero-order valence-electron chi connectivity index (χ0n) is 7.25. The highest BCUT2D eigenvalue weighted by molar-refractivity contribution is 5.79. The van der Waals surface area contributed by atoms with E-state index in [9.17, 15) is 4.79 Å². The first kappa shape index (κ1) is 9.26. The van der Waals surface area contributed by atoms with Crippen LogP contribution >= 0.6 is 0 Å². The van der Waals surface area contributed by atoms with Gasteiger partial charge in [0.15, 0.2) is 0 Å². The molecule has 1 aliphatic heterocycles. The number of hydrogen-bond acceptors (Lipinski definition) is 2. The van der Waals surface area contributed by atoms with Gasteiger partial charge in [-0.15, -0.1) is 0 Å². The Hall–Kier alpha value is -0.830. The molecule has 0 bridgehead atoms. The molecule has 12 heavy (non-hydrogen) atoms. The Labute approximate surface area is 72.0 Å². The molecular weight excluding hydrogens is 156 g/mol. The molecule has 1 rings (SSSR count). The molecule has 0 spiro atoms. The van der Waals surface area contributed by atoms with E-state index in [0.29, 0.717) is 13.2 Å². The molecule has 0 amide bonds. The van der Waals surface area contributed by atoms with Gasteiger partial charge in [-0.2, -0.15) is 0 Å². The van der Waals surface area contributed by atoms with Gasteiger partial charge in [-0.05, 0) is 6.42 Å². The minimum absolute atomic E-state index is 0.0210. The van der Waals surface area contributed by atoms with E-state index in [0.717, 1.165) is 12.8 Å². The second kappa shape index (κ2) is 3.72. The maximum Gasteiger partial charge on any atom is 0.327 e. The summed E-state index contributed by atoms with van der Waals surface area (Å²) < 4.78 is 5.08. The summed E-state index contributed by atoms with van der Waals surface area (Å²) in [5.41, 5.74) is 0.0210. The van der Waals surface area contributed by atoms with Crippen LogP contribution in [0.5, 0.6) is 0 Å². The molecule has 1 heterocycles. The number of hydrogen-bond donors (Lipinski definition) is 1. The molecule has 3 nitrogen and oxygen atoms in total. The zero-order chi connectivity index (χ0) is 9.03. The fourth-order valence-corrected chi connectivity index (χ4v) is 1.43. The van der Waals surface area contributed by atoms with Crippen molar-refractivity contribution in [2.45, 2.75) is 19.8 Å². The Balaban J connectivity index is 2.49. The van der Waals surface area contributed by atoms with Gasteiger partial charge >= 0.3 is 5.97 Å². The van der Waals surface area contributed by atoms with E-state index in [1.807, 2.05) is 0 Å². The van der Waals surface area contributed by atoms with E-state index in [-0.39, 0.29) is 5.41 Å². The van der Waals surface area contributed by atoms with E-state index in [1.165, 1.54) is 6.08 Å². The van der Waals surface area contributed by atoms with E-state index in [4.69, 9.17) is 9.84 Å². The topological polar surface area (TPSA) is 46.5 Å². The highest BCUT2D eigenvalue weighted by Crippen LogP contribution is 2.34. The molecule has 1 saturated heterocycles. The molecule has 0 aromatic heterocycles. The Morgan fingerprint density at radius 1 is 1.67 bits per heavy atom. The number of carbonyl (C=O) groups is 1. The molecule has 1 N–H and O–H groups in total. The molecule has 0 unspecified atom stereocenters. The van der Waals surface area contributed by atoms with Gasteiger partial charge in [0.2, 0.25) is 0 Å². The van der Waals surface area contributed by atoms with Crippen molar-refractivity contribution >= 4 is 5.97 Å². The SMILES string of the molecule is CCCC1(/C=C/C(=O)O)COC1. The van der Waals surface area contributed by atoms with Crippen molar-refractivity contribution in [3.63, 3.8) is 0 Å². The number of rotatable bonds is 4. The Morgan fingerprint density at radius 2 is 2.33 bits per heavy atom. The third-order valence-electron chi connectivity index (χ3n) is 2.11. The monoisotopic (exact) mass is 170 g/mol. The summed E-state index contributed by atoms with van der Waals surface area (Å²) in [6, 6.07) is 0. The summed E-state index contributed by atoms with van der Waals surface area (Å²) in [6.07, 6.45) is 5.06. The first-order valence-electron chi connectivity index (χ1n) is 4.18. The molecule has 0 aliphatic carbocycles. The highest BCUT2D eigenvalue weighted by Gasteiger charge is 2.34. The van der Waals surface area contributed by atoms with Gasteiger partial charge in [-0.1, -0.05) is 19.4 Å². The minimum atomic E-state index is -0.877. The average Bonchev–Trinajstić information content (AvgIpc) is 1.94. The maximum atomic E-state index is 10.3. The molecule has 68 valence electrons. The van der Waals surface area contributed by atoms with Gasteiger partial charge in [0.1, 0.15) is 0 Å². The fraction of sp³-hybridized carbons (Fsp3) is 0.667. The predicted octanol–water partition coefficient (Wildman–Crippen LogP) is 1.44. The molecule has 0 atom stereocenters. The number of aliphatic carboxylic acids is 1. The number of carboxylic acids is 1. The van der Waals surface area contributed by atoms with Crippen LogP contribution < -0.4 is 0 Å². The van der Waals surface area contributed by atoms with Crippen LogP contribution in [0.4, 0.5) is 0 Å². The van der Waals surface area contributed by atoms with Crippen molar-refractivity contribution in [1.29, 1.82) is 0 Å². The number of carboxylic acid groups (broad SMARTS) is 1. The smallest absolute Gasteiger partial charge is 0.327 e. The molecule has 1 fully saturated rings. The van der Waals surface area contributed by atoms with Crippen molar-refractivity contribution in [3.05, 3.63) is 12.2 Å². The summed E-state index contributed by atoms with van der Waals surface area (Å²) in [7, 11) is 0. The van der Waals surface area contributed by atoms with Crippen molar-refractivity contribution in [2.24, 2.45) is 5.41 Å². The molecule has 3 heteroatoms. The quantitative estimate of drug-likeness (QED) is 0.649. The molecular formula is C9H14O3. The summed E-state index contributed by atoms with van der Waals surface area (Å²) >= 11 is 0. The maximum absolute atomic E-state index is 10.3. The van der Waals surface area contributed by atoms with Gasteiger partial charge in [0.25, 0.3) is 0 Å². The lowest BCUT2D eigenvalue weighted by atomic mass is 9.81. The molecule has 0 radical (unpaired) electrons. The van der Waals surface area contributed by atoms with Crippen LogP contribution in [-0.4, -0.2) is 24.3 Å². The first-order valence-corrected chi connectivity index (χ1v) is 4.18. The number of ether oxygens (including phenoxy) is 1. The summed E-state index contributed by atoms with van der Waals surface area (Å²) in [4.78, 5) is 10.3. The second-order valence-electron chi connectivity index (χ2n) is 3.28. The Morgan fingerprint density at radius 3 is 2.67 bits per heavy atom. The molecule has 0 saturated carbocycles. The van der Waals surface area contributed by atoms with Crippen LogP contribution in [0.2, 0.25) is 0 Å². The van der Waals surface area contributed by atoms with Gasteiger partial charge in [-0.3, -0.25) is 0 Å².